The number of hydrogen-bond donors (Lipinski definition) is 1. The van der Waals surface area contributed by atoms with Crippen molar-refractivity contribution >= 4 is 14.9 Å². The largest absolute Gasteiger partial charge is 0.292 e. The summed E-state index contributed by atoms with van der Waals surface area (Å²) in [6, 6.07) is 20.8. The molecular formula is C17H15N3O2S. The molecule has 0 fully saturated rings. The van der Waals surface area contributed by atoms with E-state index in [0.717, 1.165) is 17.4 Å². The Labute approximate surface area is 135 Å². The van der Waals surface area contributed by atoms with Crippen molar-refractivity contribution in [3.8, 4) is 6.07 Å². The number of nitriles is 1. The fraction of sp³-hybridized carbons (Fsp3) is 0.176. The van der Waals surface area contributed by atoms with E-state index in [-0.39, 0.29) is 5.04 Å². The quantitative estimate of drug-likeness (QED) is 0.916. The van der Waals surface area contributed by atoms with Gasteiger partial charge in [0.2, 0.25) is 0 Å². The van der Waals surface area contributed by atoms with Crippen molar-refractivity contribution in [3.05, 3.63) is 71.8 Å². The zero-order chi connectivity index (χ0) is 16.5. The van der Waals surface area contributed by atoms with Crippen molar-refractivity contribution in [1.29, 1.82) is 5.26 Å². The Balaban J connectivity index is 2.27. The van der Waals surface area contributed by atoms with Crippen molar-refractivity contribution in [3.63, 3.8) is 0 Å². The molecule has 1 atom stereocenters. The molecule has 2 aromatic carbocycles. The minimum atomic E-state index is -3.59. The third-order valence-corrected chi connectivity index (χ3v) is 5.08. The first kappa shape index (κ1) is 15.3. The monoisotopic (exact) mass is 325 g/mol. The highest BCUT2D eigenvalue weighted by atomic mass is 32.2. The predicted octanol–water partition coefficient (Wildman–Crippen LogP) is 2.03. The number of rotatable bonds is 2. The van der Waals surface area contributed by atoms with E-state index in [0.29, 0.717) is 0 Å². The molecular weight excluding hydrogens is 310 g/mol. The molecule has 0 amide bonds. The van der Waals surface area contributed by atoms with E-state index in [9.17, 15) is 13.7 Å². The lowest BCUT2D eigenvalue weighted by Crippen LogP contribution is -2.44. The van der Waals surface area contributed by atoms with Gasteiger partial charge in [-0.2, -0.15) is 10.4 Å². The van der Waals surface area contributed by atoms with Gasteiger partial charge in [-0.15, -0.1) is 0 Å². The second-order valence-electron chi connectivity index (χ2n) is 5.44. The molecule has 0 saturated carbocycles. The van der Waals surface area contributed by atoms with Crippen LogP contribution in [0.25, 0.3) is 0 Å². The maximum Gasteiger partial charge on any atom is 0.192 e. The lowest BCUT2D eigenvalue weighted by molar-refractivity contribution is 0.410. The molecule has 5 nitrogen and oxygen atoms in total. The highest BCUT2D eigenvalue weighted by Gasteiger charge is 2.51. The van der Waals surface area contributed by atoms with E-state index in [2.05, 4.69) is 16.6 Å². The Morgan fingerprint density at radius 3 is 1.91 bits per heavy atom. The van der Waals surface area contributed by atoms with Gasteiger partial charge >= 0.3 is 0 Å². The Hall–Kier alpha value is -2.65. The van der Waals surface area contributed by atoms with E-state index in [1.54, 1.807) is 0 Å². The standard InChI is InChI=1S/C17H15N3O2S/c1-23(21,22)16-15(12-18)17(20-19-16,13-8-4-2-5-9-13)14-10-6-3-7-11-14/h2-11,15,20H,1H3. The molecule has 2 aromatic rings. The molecule has 3 rings (SSSR count). The van der Waals surface area contributed by atoms with Crippen molar-refractivity contribution in [2.45, 2.75) is 5.54 Å². The van der Waals surface area contributed by atoms with E-state index < -0.39 is 21.3 Å². The Morgan fingerprint density at radius 2 is 1.52 bits per heavy atom. The van der Waals surface area contributed by atoms with Gasteiger partial charge in [0, 0.05) is 6.26 Å². The molecule has 1 N–H and O–H groups in total. The molecule has 1 heterocycles. The molecule has 0 saturated heterocycles. The van der Waals surface area contributed by atoms with Crippen LogP contribution in [0.3, 0.4) is 0 Å². The van der Waals surface area contributed by atoms with Crippen LogP contribution in [0.1, 0.15) is 11.1 Å². The maximum atomic E-state index is 12.0. The molecule has 0 radical (unpaired) electrons. The van der Waals surface area contributed by atoms with E-state index in [4.69, 9.17) is 0 Å². The normalized spacial score (nSPS) is 19.5. The van der Waals surface area contributed by atoms with Crippen LogP contribution in [0.4, 0.5) is 0 Å². The Kier molecular flexibility index (Phi) is 3.66. The molecule has 116 valence electrons. The number of nitrogens with one attached hydrogen (secondary N) is 1. The lowest BCUT2D eigenvalue weighted by Gasteiger charge is -2.33. The van der Waals surface area contributed by atoms with Gasteiger partial charge in [0.1, 0.15) is 11.5 Å². The minimum absolute atomic E-state index is 0.132. The van der Waals surface area contributed by atoms with E-state index in [1.807, 2.05) is 60.7 Å². The summed E-state index contributed by atoms with van der Waals surface area (Å²) in [5, 5.41) is 13.6. The van der Waals surface area contributed by atoms with E-state index >= 15 is 0 Å². The van der Waals surface area contributed by atoms with Gasteiger partial charge in [0.25, 0.3) is 0 Å². The number of sulfone groups is 1. The van der Waals surface area contributed by atoms with Crippen LogP contribution in [-0.2, 0) is 15.4 Å². The third-order valence-electron chi connectivity index (χ3n) is 3.99. The first-order valence-corrected chi connectivity index (χ1v) is 8.95. The maximum absolute atomic E-state index is 12.0. The smallest absolute Gasteiger partial charge is 0.192 e. The second-order valence-corrected chi connectivity index (χ2v) is 7.40. The first-order chi connectivity index (χ1) is 11.0. The summed E-state index contributed by atoms with van der Waals surface area (Å²) in [6.07, 6.45) is 1.07. The van der Waals surface area contributed by atoms with Gasteiger partial charge in [-0.1, -0.05) is 60.7 Å². The summed E-state index contributed by atoms with van der Waals surface area (Å²) in [7, 11) is -3.59. The summed E-state index contributed by atoms with van der Waals surface area (Å²) in [4.78, 5) is 0. The lowest BCUT2D eigenvalue weighted by atomic mass is 9.75. The van der Waals surface area contributed by atoms with Gasteiger partial charge in [0.05, 0.1) is 6.07 Å². The highest BCUT2D eigenvalue weighted by Crippen LogP contribution is 2.41. The van der Waals surface area contributed by atoms with Crippen molar-refractivity contribution in [2.24, 2.45) is 11.0 Å². The fourth-order valence-electron chi connectivity index (χ4n) is 2.94. The highest BCUT2D eigenvalue weighted by molar-refractivity contribution is 8.05. The number of hydrogen-bond acceptors (Lipinski definition) is 5. The van der Waals surface area contributed by atoms with Crippen LogP contribution < -0.4 is 5.43 Å². The Bertz CT molecular complexity index is 845. The average Bonchev–Trinajstić information content (AvgIpc) is 2.97. The van der Waals surface area contributed by atoms with Crippen LogP contribution in [0.2, 0.25) is 0 Å². The van der Waals surface area contributed by atoms with Crippen LogP contribution in [0.5, 0.6) is 0 Å². The summed E-state index contributed by atoms with van der Waals surface area (Å²) in [5.74, 6) is -0.942. The van der Waals surface area contributed by atoms with Gasteiger partial charge in [0.15, 0.2) is 14.9 Å². The van der Waals surface area contributed by atoms with Crippen LogP contribution >= 0.6 is 0 Å². The summed E-state index contributed by atoms with van der Waals surface area (Å²) in [6.45, 7) is 0. The minimum Gasteiger partial charge on any atom is -0.292 e. The number of benzene rings is 2. The van der Waals surface area contributed by atoms with Gasteiger partial charge in [-0.05, 0) is 11.1 Å². The molecule has 23 heavy (non-hydrogen) atoms. The topological polar surface area (TPSA) is 82.3 Å². The van der Waals surface area contributed by atoms with Gasteiger partial charge < -0.3 is 0 Å². The molecule has 1 unspecified atom stereocenters. The average molecular weight is 325 g/mol. The number of hydrazone groups is 1. The molecule has 0 aliphatic carbocycles. The van der Waals surface area contributed by atoms with Crippen LogP contribution in [-0.4, -0.2) is 19.7 Å². The van der Waals surface area contributed by atoms with Gasteiger partial charge in [-0.25, -0.2) is 8.42 Å². The summed E-state index contributed by atoms with van der Waals surface area (Å²) in [5.41, 5.74) is 3.51. The molecule has 0 aromatic heterocycles. The first-order valence-electron chi connectivity index (χ1n) is 7.05. The second kappa shape index (κ2) is 5.52. The SMILES string of the molecule is CS(=O)(=O)C1=NNC(c2ccccc2)(c2ccccc2)C1C#N. The van der Waals surface area contributed by atoms with E-state index in [1.165, 1.54) is 0 Å². The molecule has 1 aliphatic rings. The molecule has 0 bridgehead atoms. The molecule has 1 aliphatic heterocycles. The summed E-state index contributed by atoms with van der Waals surface area (Å²) < 4.78 is 24.1. The van der Waals surface area contributed by atoms with Crippen molar-refractivity contribution < 1.29 is 8.42 Å². The number of nitrogens with zero attached hydrogens (tertiary/aromatic N) is 2. The van der Waals surface area contributed by atoms with Crippen molar-refractivity contribution in [2.75, 3.05) is 6.26 Å². The Morgan fingerprint density at radius 1 is 1.04 bits per heavy atom. The fourth-order valence-corrected chi connectivity index (χ4v) is 3.81. The zero-order valence-electron chi connectivity index (χ0n) is 12.5. The third kappa shape index (κ3) is 2.39. The van der Waals surface area contributed by atoms with Crippen LogP contribution in [0, 0.1) is 17.2 Å². The molecule has 0 spiro atoms. The van der Waals surface area contributed by atoms with Gasteiger partial charge in [-0.3, -0.25) is 5.43 Å². The zero-order valence-corrected chi connectivity index (χ0v) is 13.3. The molecule has 6 heteroatoms. The van der Waals surface area contributed by atoms with Crippen LogP contribution in [0.15, 0.2) is 65.8 Å². The summed E-state index contributed by atoms with van der Waals surface area (Å²) >= 11 is 0. The predicted molar refractivity (Wildman–Crippen MR) is 88.2 cm³/mol. The van der Waals surface area contributed by atoms with Crippen molar-refractivity contribution in [1.82, 2.24) is 5.43 Å².